The number of aryl methyl sites for hydroxylation is 1. The number of amides is 2. The zero-order valence-electron chi connectivity index (χ0n) is 14.1. The summed E-state index contributed by atoms with van der Waals surface area (Å²) in [6.45, 7) is 5.08. The van der Waals surface area contributed by atoms with Crippen molar-refractivity contribution in [1.82, 2.24) is 25.0 Å². The molecule has 24 heavy (non-hydrogen) atoms. The van der Waals surface area contributed by atoms with Gasteiger partial charge >= 0.3 is 0 Å². The first-order chi connectivity index (χ1) is 11.6. The minimum Gasteiger partial charge on any atom is -0.347 e. The molecule has 2 amide bonds. The quantitative estimate of drug-likeness (QED) is 0.805. The molecule has 7 nitrogen and oxygen atoms in total. The average molecular weight is 349 g/mol. The van der Waals surface area contributed by atoms with E-state index in [1.807, 2.05) is 19.9 Å². The molecule has 1 aromatic rings. The Kier molecular flexibility index (Phi) is 5.23. The van der Waals surface area contributed by atoms with Crippen LogP contribution in [-0.4, -0.2) is 49.2 Å². The van der Waals surface area contributed by atoms with E-state index in [2.05, 4.69) is 20.1 Å². The Morgan fingerprint density at radius 2 is 2.25 bits per heavy atom. The van der Waals surface area contributed by atoms with Gasteiger partial charge in [-0.15, -0.1) is 22.0 Å². The molecule has 1 N–H and O–H groups in total. The van der Waals surface area contributed by atoms with Crippen LogP contribution in [0.5, 0.6) is 0 Å². The second kappa shape index (κ2) is 7.38. The third-order valence-electron chi connectivity index (χ3n) is 4.40. The molecule has 2 aliphatic heterocycles. The summed E-state index contributed by atoms with van der Waals surface area (Å²) in [5.41, 5.74) is 0.702. The Balaban J connectivity index is 1.61. The molecule has 1 aromatic heterocycles. The smallest absolute Gasteiger partial charge is 0.250 e. The molecular weight excluding hydrogens is 326 g/mol. The van der Waals surface area contributed by atoms with E-state index < -0.39 is 6.04 Å². The molecule has 1 atom stereocenters. The molecule has 0 aromatic carbocycles. The van der Waals surface area contributed by atoms with Crippen LogP contribution >= 0.6 is 11.8 Å². The number of fused-ring (bicyclic) bond motifs is 1. The summed E-state index contributed by atoms with van der Waals surface area (Å²) < 4.78 is 2.07. The van der Waals surface area contributed by atoms with Crippen LogP contribution in [0.2, 0.25) is 0 Å². The monoisotopic (exact) mass is 349 g/mol. The number of thioether (sulfide) groups is 1. The SMILES string of the molecule is CCC=C(C)C(=O)N1CSCC1C(=O)NCc1nnc2n1CCC2. The molecule has 0 aliphatic carbocycles. The fourth-order valence-electron chi connectivity index (χ4n) is 3.11. The van der Waals surface area contributed by atoms with E-state index in [0.717, 1.165) is 37.5 Å². The molecule has 8 heteroatoms. The van der Waals surface area contributed by atoms with Crippen LogP contribution in [0.1, 0.15) is 38.3 Å². The first-order valence-electron chi connectivity index (χ1n) is 8.36. The van der Waals surface area contributed by atoms with E-state index >= 15 is 0 Å². The average Bonchev–Trinajstić information content (AvgIpc) is 3.28. The van der Waals surface area contributed by atoms with E-state index in [1.54, 1.807) is 16.7 Å². The van der Waals surface area contributed by atoms with Crippen molar-refractivity contribution in [3.8, 4) is 0 Å². The summed E-state index contributed by atoms with van der Waals surface area (Å²) in [5, 5.41) is 11.2. The molecule has 0 spiro atoms. The second-order valence-electron chi connectivity index (χ2n) is 6.09. The summed E-state index contributed by atoms with van der Waals surface area (Å²) in [7, 11) is 0. The summed E-state index contributed by atoms with van der Waals surface area (Å²) in [5.74, 6) is 2.81. The molecule has 0 radical (unpaired) electrons. The van der Waals surface area contributed by atoms with Crippen molar-refractivity contribution in [3.05, 3.63) is 23.3 Å². The number of carbonyl (C=O) groups is 2. The lowest BCUT2D eigenvalue weighted by atomic mass is 10.2. The molecule has 3 heterocycles. The lowest BCUT2D eigenvalue weighted by Gasteiger charge is -2.23. The van der Waals surface area contributed by atoms with Gasteiger partial charge in [-0.05, 0) is 19.8 Å². The van der Waals surface area contributed by atoms with Gasteiger partial charge in [-0.1, -0.05) is 13.0 Å². The topological polar surface area (TPSA) is 80.1 Å². The zero-order chi connectivity index (χ0) is 17.1. The summed E-state index contributed by atoms with van der Waals surface area (Å²) in [6.07, 6.45) is 4.75. The van der Waals surface area contributed by atoms with Gasteiger partial charge in [-0.25, -0.2) is 0 Å². The fraction of sp³-hybridized carbons (Fsp3) is 0.625. The number of hydrogen-bond acceptors (Lipinski definition) is 5. The Hall–Kier alpha value is -1.83. The van der Waals surface area contributed by atoms with Gasteiger partial charge in [-0.2, -0.15) is 0 Å². The third kappa shape index (κ3) is 3.33. The predicted octanol–water partition coefficient (Wildman–Crippen LogP) is 1.10. The van der Waals surface area contributed by atoms with Gasteiger partial charge in [0, 0.05) is 24.3 Å². The Labute approximate surface area is 145 Å². The molecule has 2 aliphatic rings. The van der Waals surface area contributed by atoms with Crippen molar-refractivity contribution in [3.63, 3.8) is 0 Å². The number of nitrogens with zero attached hydrogens (tertiary/aromatic N) is 4. The maximum absolute atomic E-state index is 12.5. The van der Waals surface area contributed by atoms with Gasteiger partial charge in [0.05, 0.1) is 12.4 Å². The Bertz CT molecular complexity index is 669. The fourth-order valence-corrected chi connectivity index (χ4v) is 4.26. The standard InChI is InChI=1S/C16H23N5O2S/c1-3-5-11(2)16(23)21-10-24-9-12(21)15(22)17-8-14-19-18-13-6-4-7-20(13)14/h5,12H,3-4,6-10H2,1-2H3,(H,17,22). The van der Waals surface area contributed by atoms with Crippen molar-refractivity contribution in [1.29, 1.82) is 0 Å². The number of nitrogens with one attached hydrogen (secondary N) is 1. The molecule has 1 saturated heterocycles. The van der Waals surface area contributed by atoms with Crippen LogP contribution in [0, 0.1) is 0 Å². The lowest BCUT2D eigenvalue weighted by Crippen LogP contribution is -2.47. The lowest BCUT2D eigenvalue weighted by molar-refractivity contribution is -0.135. The second-order valence-corrected chi connectivity index (χ2v) is 7.09. The van der Waals surface area contributed by atoms with E-state index in [-0.39, 0.29) is 11.8 Å². The first-order valence-corrected chi connectivity index (χ1v) is 9.51. The number of aromatic nitrogens is 3. The highest BCUT2D eigenvalue weighted by atomic mass is 32.2. The van der Waals surface area contributed by atoms with Crippen molar-refractivity contribution in [2.24, 2.45) is 0 Å². The van der Waals surface area contributed by atoms with Gasteiger partial charge in [0.15, 0.2) is 5.82 Å². The van der Waals surface area contributed by atoms with Gasteiger partial charge in [-0.3, -0.25) is 9.59 Å². The Morgan fingerprint density at radius 3 is 3.04 bits per heavy atom. The Morgan fingerprint density at radius 1 is 1.42 bits per heavy atom. The number of hydrogen-bond donors (Lipinski definition) is 1. The number of rotatable bonds is 5. The van der Waals surface area contributed by atoms with Crippen LogP contribution in [0.25, 0.3) is 0 Å². The predicted molar refractivity (Wildman–Crippen MR) is 92.2 cm³/mol. The van der Waals surface area contributed by atoms with E-state index in [4.69, 9.17) is 0 Å². The van der Waals surface area contributed by atoms with Crippen molar-refractivity contribution >= 4 is 23.6 Å². The van der Waals surface area contributed by atoms with Crippen molar-refractivity contribution in [2.45, 2.75) is 52.2 Å². The maximum Gasteiger partial charge on any atom is 0.250 e. The number of carbonyl (C=O) groups excluding carboxylic acids is 2. The minimum absolute atomic E-state index is 0.0506. The van der Waals surface area contributed by atoms with Crippen LogP contribution in [0.15, 0.2) is 11.6 Å². The van der Waals surface area contributed by atoms with Gasteiger partial charge in [0.25, 0.3) is 5.91 Å². The van der Waals surface area contributed by atoms with Crippen LogP contribution in [0.3, 0.4) is 0 Å². The van der Waals surface area contributed by atoms with E-state index in [0.29, 0.717) is 23.7 Å². The molecule has 130 valence electrons. The molecule has 1 fully saturated rings. The van der Waals surface area contributed by atoms with Crippen LogP contribution in [0.4, 0.5) is 0 Å². The zero-order valence-corrected chi connectivity index (χ0v) is 14.9. The highest BCUT2D eigenvalue weighted by molar-refractivity contribution is 7.99. The van der Waals surface area contributed by atoms with E-state index in [9.17, 15) is 9.59 Å². The van der Waals surface area contributed by atoms with Crippen molar-refractivity contribution < 1.29 is 9.59 Å². The summed E-state index contributed by atoms with van der Waals surface area (Å²) >= 11 is 1.61. The number of allylic oxidation sites excluding steroid dienone is 1. The van der Waals surface area contributed by atoms with E-state index in [1.165, 1.54) is 0 Å². The minimum atomic E-state index is -0.413. The highest BCUT2D eigenvalue weighted by Crippen LogP contribution is 2.23. The summed E-state index contributed by atoms with van der Waals surface area (Å²) in [4.78, 5) is 26.7. The normalized spacial score (nSPS) is 20.3. The molecule has 0 bridgehead atoms. The first kappa shape index (κ1) is 17.0. The van der Waals surface area contributed by atoms with Gasteiger partial charge in [0.2, 0.25) is 5.91 Å². The summed E-state index contributed by atoms with van der Waals surface area (Å²) in [6, 6.07) is -0.413. The van der Waals surface area contributed by atoms with Gasteiger partial charge < -0.3 is 14.8 Å². The maximum atomic E-state index is 12.5. The third-order valence-corrected chi connectivity index (χ3v) is 5.41. The molecular formula is C16H23N5O2S. The van der Waals surface area contributed by atoms with Crippen molar-refractivity contribution in [2.75, 3.05) is 11.6 Å². The van der Waals surface area contributed by atoms with Crippen LogP contribution in [-0.2, 0) is 29.1 Å². The highest BCUT2D eigenvalue weighted by Gasteiger charge is 2.35. The van der Waals surface area contributed by atoms with Crippen LogP contribution < -0.4 is 5.32 Å². The molecule has 0 saturated carbocycles. The van der Waals surface area contributed by atoms with Gasteiger partial charge in [0.1, 0.15) is 11.9 Å². The largest absolute Gasteiger partial charge is 0.347 e. The molecule has 3 rings (SSSR count). The molecule has 1 unspecified atom stereocenters.